The Morgan fingerprint density at radius 2 is 0.771 bits per heavy atom. The summed E-state index contributed by atoms with van der Waals surface area (Å²) < 4.78 is 82.7. The molecule has 0 radical (unpaired) electrons. The third-order valence-electron chi connectivity index (χ3n) is 4.52. The summed E-state index contributed by atoms with van der Waals surface area (Å²) in [4.78, 5) is 0. The molecule has 1 atom stereocenters. The Morgan fingerprint density at radius 1 is 0.457 bits per heavy atom. The van der Waals surface area contributed by atoms with E-state index in [0.29, 0.717) is 6.42 Å². The van der Waals surface area contributed by atoms with Crippen molar-refractivity contribution in [3.05, 3.63) is 0 Å². The first-order valence-electron chi connectivity index (χ1n) is 10.5. The summed E-state index contributed by atoms with van der Waals surface area (Å²) in [5.41, 5.74) is 0. The van der Waals surface area contributed by atoms with Gasteiger partial charge >= 0.3 is 33.4 Å². The Balaban J connectivity index is 6.88. The van der Waals surface area contributed by atoms with Gasteiger partial charge in [-0.15, -0.1) is 0 Å². The predicted molar refractivity (Wildman–Crippen MR) is 118 cm³/mol. The van der Waals surface area contributed by atoms with Gasteiger partial charge in [0.2, 0.25) is 0 Å². The summed E-state index contributed by atoms with van der Waals surface area (Å²) in [7, 11) is 8.52. The third kappa shape index (κ3) is 8.85. The molecule has 0 aliphatic carbocycles. The highest BCUT2D eigenvalue weighted by Crippen LogP contribution is 2.37. The Labute approximate surface area is 208 Å². The van der Waals surface area contributed by atoms with E-state index in [0.717, 1.165) is 0 Å². The molecule has 0 spiro atoms. The van der Waals surface area contributed by atoms with Crippen LogP contribution in [0.3, 0.4) is 0 Å². The molecule has 16 heteroatoms. The molecule has 35 heavy (non-hydrogen) atoms. The highest BCUT2D eigenvalue weighted by molar-refractivity contribution is 6.60. The van der Waals surface area contributed by atoms with Crippen molar-refractivity contribution in [2.45, 2.75) is 50.9 Å². The van der Waals surface area contributed by atoms with E-state index in [1.807, 2.05) is 6.92 Å². The van der Waals surface area contributed by atoms with Crippen LogP contribution in [0.25, 0.3) is 0 Å². The van der Waals surface area contributed by atoms with Crippen LogP contribution in [-0.2, 0) is 70.1 Å². The van der Waals surface area contributed by atoms with E-state index in [9.17, 15) is 0 Å². The summed E-state index contributed by atoms with van der Waals surface area (Å²) in [5.74, 6) is 0. The molecule has 0 bridgehead atoms. The minimum Gasteiger partial charge on any atom is -0.373 e. The Kier molecular flexibility index (Phi) is 15.6. The first-order chi connectivity index (χ1) is 16.6. The predicted octanol–water partition coefficient (Wildman–Crippen LogP) is 1.35. The van der Waals surface area contributed by atoms with Crippen LogP contribution in [0.4, 0.5) is 0 Å². The van der Waals surface area contributed by atoms with Gasteiger partial charge in [-0.25, -0.2) is 9.47 Å². The van der Waals surface area contributed by atoms with Gasteiger partial charge in [0, 0.05) is 83.7 Å². The maximum atomic E-state index is 6.22. The van der Waals surface area contributed by atoms with Gasteiger partial charge in [-0.2, -0.15) is 0 Å². The topological polar surface area (TPSA) is 138 Å². The summed E-state index contributed by atoms with van der Waals surface area (Å²) in [6.45, 7) is 3.81. The molecule has 0 saturated heterocycles. The molecule has 0 fully saturated rings. The molecule has 1 unspecified atom stereocenters. The van der Waals surface area contributed by atoms with Gasteiger partial charge in [-0.05, 0) is 6.42 Å². The zero-order valence-corrected chi connectivity index (χ0v) is 23.7. The molecule has 0 aromatic heterocycles. The average molecular weight is 539 g/mol. The molecule has 0 aliphatic rings. The highest BCUT2D eigenvalue weighted by Gasteiger charge is 2.62. The number of hydrogen-bond acceptors (Lipinski definition) is 15. The van der Waals surface area contributed by atoms with Crippen molar-refractivity contribution in [1.82, 2.24) is 0 Å². The van der Waals surface area contributed by atoms with Crippen LogP contribution in [-0.4, -0.2) is 111 Å². The molecule has 15 nitrogen and oxygen atoms in total. The zero-order chi connectivity index (χ0) is 27.2. The monoisotopic (exact) mass is 538 g/mol. The van der Waals surface area contributed by atoms with E-state index in [4.69, 9.17) is 70.1 Å². The number of ether oxygens (including phenoxy) is 12. The van der Waals surface area contributed by atoms with Gasteiger partial charge in [-0.3, -0.25) is 8.85 Å². The second kappa shape index (κ2) is 15.8. The van der Waals surface area contributed by atoms with Crippen LogP contribution in [0.1, 0.15) is 20.3 Å². The van der Waals surface area contributed by atoms with E-state index < -0.39 is 33.4 Å². The van der Waals surface area contributed by atoms with Crippen molar-refractivity contribution >= 4 is 8.80 Å². The van der Waals surface area contributed by atoms with Gasteiger partial charge in [0.15, 0.2) is 0 Å². The fourth-order valence-electron chi connectivity index (χ4n) is 2.58. The average Bonchev–Trinajstić information content (AvgIpc) is 2.92. The van der Waals surface area contributed by atoms with Gasteiger partial charge in [-0.1, -0.05) is 13.8 Å². The van der Waals surface area contributed by atoms with Crippen LogP contribution >= 0.6 is 0 Å². The van der Waals surface area contributed by atoms with Crippen LogP contribution < -0.4 is 0 Å². The van der Waals surface area contributed by atoms with E-state index in [-0.39, 0.29) is 12.7 Å². The number of methoxy groups -OCH3 is 10. The maximum absolute atomic E-state index is 6.22. The van der Waals surface area contributed by atoms with Gasteiger partial charge in [0.1, 0.15) is 0 Å². The second-order valence-electron chi connectivity index (χ2n) is 6.33. The summed E-state index contributed by atoms with van der Waals surface area (Å²) in [6, 6.07) is 0.114. The minimum atomic E-state index is -4.00. The lowest BCUT2D eigenvalue weighted by atomic mass is 10.5. The molecule has 212 valence electrons. The second-order valence-corrected chi connectivity index (χ2v) is 9.10. The van der Waals surface area contributed by atoms with Crippen LogP contribution in [0.15, 0.2) is 0 Å². The molecular weight excluding hydrogens is 496 g/mol. The molecule has 0 saturated carbocycles. The zero-order valence-electron chi connectivity index (χ0n) is 22.7. The molecule has 0 rings (SSSR count). The SMILES string of the molecule is CCCO[Si](CC)(OC(OC)(OC)OC)OC(OC)(OC(OC)(OC)OC)OC(OC)(OC)OC. The van der Waals surface area contributed by atoms with Gasteiger partial charge in [0.05, 0.1) is 0 Å². The fraction of sp³-hybridized carbons (Fsp3) is 1.00. The number of hydrogen-bond donors (Lipinski definition) is 0. The van der Waals surface area contributed by atoms with Crippen molar-refractivity contribution in [3.63, 3.8) is 0 Å². The highest BCUT2D eigenvalue weighted by atomic mass is 28.4. The fourth-order valence-corrected chi connectivity index (χ4v) is 4.93. The quantitative estimate of drug-likeness (QED) is 0.145. The largest absolute Gasteiger partial charge is 0.512 e. The molecule has 0 aromatic carbocycles. The lowest BCUT2D eigenvalue weighted by Crippen LogP contribution is -2.65. The van der Waals surface area contributed by atoms with Crippen molar-refractivity contribution in [3.8, 4) is 0 Å². The Morgan fingerprint density at radius 3 is 1.03 bits per heavy atom. The third-order valence-corrected chi connectivity index (χ3v) is 7.15. The van der Waals surface area contributed by atoms with Crippen molar-refractivity contribution in [1.29, 1.82) is 0 Å². The normalized spacial score (nSPS) is 15.4. The molecule has 0 amide bonds. The standard InChI is InChI=1S/C19H42O15Si/c1-13-15-30-35(14-2,33-18(26-9,27-10)28-11)34-19(29-12,31-16(20-3,21-4)22-5)32-17(23-6,24-7)25-8/h13-15H2,1-12H3. The maximum Gasteiger partial charge on any atom is 0.512 e. The van der Waals surface area contributed by atoms with E-state index in [1.165, 1.54) is 71.1 Å². The smallest absolute Gasteiger partial charge is 0.373 e. The Bertz CT molecular complexity index is 510. The van der Waals surface area contributed by atoms with Crippen LogP contribution in [0, 0.1) is 0 Å². The van der Waals surface area contributed by atoms with E-state index in [1.54, 1.807) is 6.92 Å². The van der Waals surface area contributed by atoms with Gasteiger partial charge < -0.3 is 51.8 Å². The van der Waals surface area contributed by atoms with Crippen molar-refractivity contribution in [2.75, 3.05) is 77.7 Å². The Hall–Kier alpha value is -0.383. The van der Waals surface area contributed by atoms with Gasteiger partial charge in [0.25, 0.3) is 0 Å². The van der Waals surface area contributed by atoms with E-state index in [2.05, 4.69) is 0 Å². The first-order valence-corrected chi connectivity index (χ1v) is 12.4. The van der Waals surface area contributed by atoms with Crippen molar-refractivity contribution in [2.24, 2.45) is 0 Å². The summed E-state index contributed by atoms with van der Waals surface area (Å²) in [5, 5.41) is 0. The van der Waals surface area contributed by atoms with E-state index >= 15 is 0 Å². The lowest BCUT2D eigenvalue weighted by Gasteiger charge is -2.45. The molecule has 0 aliphatic heterocycles. The molecule has 0 N–H and O–H groups in total. The molecular formula is C19H42O15Si. The molecule has 0 aromatic rings. The lowest BCUT2D eigenvalue weighted by molar-refractivity contribution is -0.654. The number of rotatable bonds is 22. The summed E-state index contributed by atoms with van der Waals surface area (Å²) in [6.07, 6.45) is -8.48. The van der Waals surface area contributed by atoms with Crippen LogP contribution in [0.2, 0.25) is 6.04 Å². The van der Waals surface area contributed by atoms with Crippen molar-refractivity contribution < 1.29 is 70.1 Å². The minimum absolute atomic E-state index is 0.114. The summed E-state index contributed by atoms with van der Waals surface area (Å²) >= 11 is 0. The first kappa shape index (κ1) is 34.6. The van der Waals surface area contributed by atoms with Crippen LogP contribution in [0.5, 0.6) is 0 Å². The molecule has 0 heterocycles.